The minimum Gasteiger partial charge on any atom is -0.489 e. The first-order valence-electron chi connectivity index (χ1n) is 13.4. The van der Waals surface area contributed by atoms with Crippen LogP contribution in [0.2, 0.25) is 10.0 Å². The average molecular weight is 595 g/mol. The van der Waals surface area contributed by atoms with E-state index < -0.39 is 0 Å². The standard InChI is InChI=1S/C35H29Cl2N3O2/c1-3-7-29-20-25(12-19-34(29)42-23-26-11-17-31(36)32(37)21-26)22-38-39-35(41)28-13-15-30(16-14-28)40-24(2)10-18-33(40)27-8-5-4-6-9-27/h3-6,8-22H,1,7,23H2,2H3,(H,39,41)/b38-22+. The van der Waals surface area contributed by atoms with Gasteiger partial charge in [0.2, 0.25) is 0 Å². The zero-order valence-electron chi connectivity index (χ0n) is 23.1. The predicted molar refractivity (Wildman–Crippen MR) is 172 cm³/mol. The number of hydrazone groups is 1. The fourth-order valence-corrected chi connectivity index (χ4v) is 4.95. The summed E-state index contributed by atoms with van der Waals surface area (Å²) in [6, 6.07) is 33.0. The Bertz CT molecular complexity index is 1740. The number of benzene rings is 4. The van der Waals surface area contributed by atoms with Gasteiger partial charge in [-0.15, -0.1) is 6.58 Å². The molecule has 0 aliphatic rings. The molecule has 5 aromatic rings. The largest absolute Gasteiger partial charge is 0.489 e. The lowest BCUT2D eigenvalue weighted by molar-refractivity contribution is 0.0955. The zero-order chi connectivity index (χ0) is 29.5. The lowest BCUT2D eigenvalue weighted by atomic mass is 10.1. The maximum atomic E-state index is 12.8. The Morgan fingerprint density at radius 3 is 2.45 bits per heavy atom. The van der Waals surface area contributed by atoms with Gasteiger partial charge >= 0.3 is 0 Å². The molecule has 1 aromatic heterocycles. The van der Waals surface area contributed by atoms with Crippen LogP contribution in [0.4, 0.5) is 0 Å². The van der Waals surface area contributed by atoms with E-state index in [1.165, 1.54) is 0 Å². The van der Waals surface area contributed by atoms with E-state index in [4.69, 9.17) is 27.9 Å². The van der Waals surface area contributed by atoms with Gasteiger partial charge in [-0.2, -0.15) is 5.10 Å². The third kappa shape index (κ3) is 6.82. The minimum absolute atomic E-state index is 0.293. The monoisotopic (exact) mass is 593 g/mol. The molecule has 1 heterocycles. The van der Waals surface area contributed by atoms with E-state index in [1.807, 2.05) is 60.7 Å². The number of aromatic nitrogens is 1. The number of allylic oxidation sites excluding steroid dienone is 1. The fourth-order valence-electron chi connectivity index (χ4n) is 4.63. The number of rotatable bonds is 10. The van der Waals surface area contributed by atoms with Crippen LogP contribution in [-0.2, 0) is 13.0 Å². The highest BCUT2D eigenvalue weighted by molar-refractivity contribution is 6.42. The number of ether oxygens (including phenoxy) is 1. The van der Waals surface area contributed by atoms with Crippen molar-refractivity contribution in [3.05, 3.63) is 154 Å². The predicted octanol–water partition coefficient (Wildman–Crippen LogP) is 8.83. The second-order valence-corrected chi connectivity index (χ2v) is 10.5. The van der Waals surface area contributed by atoms with Gasteiger partial charge in [-0.1, -0.05) is 65.7 Å². The van der Waals surface area contributed by atoms with Crippen LogP contribution in [0.25, 0.3) is 16.9 Å². The number of hydrogen-bond acceptors (Lipinski definition) is 3. The van der Waals surface area contributed by atoms with Gasteiger partial charge in [-0.3, -0.25) is 4.79 Å². The molecular weight excluding hydrogens is 565 g/mol. The van der Waals surface area contributed by atoms with Crippen LogP contribution >= 0.6 is 23.2 Å². The highest BCUT2D eigenvalue weighted by Crippen LogP contribution is 2.27. The second-order valence-electron chi connectivity index (χ2n) is 9.70. The van der Waals surface area contributed by atoms with Crippen LogP contribution < -0.4 is 10.2 Å². The van der Waals surface area contributed by atoms with Crippen molar-refractivity contribution in [3.8, 4) is 22.7 Å². The lowest BCUT2D eigenvalue weighted by Crippen LogP contribution is -2.17. The zero-order valence-corrected chi connectivity index (χ0v) is 24.6. The fraction of sp³-hybridized carbons (Fsp3) is 0.0857. The van der Waals surface area contributed by atoms with Crippen molar-refractivity contribution < 1.29 is 9.53 Å². The lowest BCUT2D eigenvalue weighted by Gasteiger charge is -2.13. The topological polar surface area (TPSA) is 55.6 Å². The maximum absolute atomic E-state index is 12.8. The third-order valence-electron chi connectivity index (χ3n) is 6.74. The molecule has 0 saturated heterocycles. The average Bonchev–Trinajstić information content (AvgIpc) is 3.40. The molecule has 0 atom stereocenters. The summed E-state index contributed by atoms with van der Waals surface area (Å²) < 4.78 is 8.21. The van der Waals surface area contributed by atoms with Gasteiger partial charge < -0.3 is 9.30 Å². The van der Waals surface area contributed by atoms with E-state index in [-0.39, 0.29) is 5.91 Å². The van der Waals surface area contributed by atoms with Crippen molar-refractivity contribution in [1.29, 1.82) is 0 Å². The Labute approximate surface area is 255 Å². The minimum atomic E-state index is -0.293. The van der Waals surface area contributed by atoms with Crippen LogP contribution in [0.5, 0.6) is 5.75 Å². The van der Waals surface area contributed by atoms with E-state index in [1.54, 1.807) is 30.5 Å². The summed E-state index contributed by atoms with van der Waals surface area (Å²) in [5.41, 5.74) is 10.1. The molecule has 0 unspecified atom stereocenters. The molecule has 4 aromatic carbocycles. The van der Waals surface area contributed by atoms with Gasteiger partial charge in [0.25, 0.3) is 5.91 Å². The molecule has 5 nitrogen and oxygen atoms in total. The molecule has 1 amide bonds. The first-order valence-corrected chi connectivity index (χ1v) is 14.2. The quantitative estimate of drug-likeness (QED) is 0.0998. The summed E-state index contributed by atoms with van der Waals surface area (Å²) >= 11 is 12.1. The van der Waals surface area contributed by atoms with E-state index in [9.17, 15) is 4.79 Å². The number of nitrogens with zero attached hydrogens (tertiary/aromatic N) is 2. The van der Waals surface area contributed by atoms with Crippen molar-refractivity contribution in [2.24, 2.45) is 5.10 Å². The molecule has 0 aliphatic carbocycles. The molecule has 0 saturated carbocycles. The van der Waals surface area contributed by atoms with Crippen LogP contribution in [0.1, 0.15) is 32.7 Å². The summed E-state index contributed by atoms with van der Waals surface area (Å²) in [5.74, 6) is 0.439. The molecule has 5 rings (SSSR count). The van der Waals surface area contributed by atoms with E-state index in [0.29, 0.717) is 28.6 Å². The molecule has 42 heavy (non-hydrogen) atoms. The molecule has 0 bridgehead atoms. The molecule has 1 N–H and O–H groups in total. The van der Waals surface area contributed by atoms with E-state index >= 15 is 0 Å². The third-order valence-corrected chi connectivity index (χ3v) is 7.48. The van der Waals surface area contributed by atoms with Crippen molar-refractivity contribution in [2.75, 3.05) is 0 Å². The van der Waals surface area contributed by atoms with Crippen LogP contribution in [0.15, 0.2) is 121 Å². The van der Waals surface area contributed by atoms with E-state index in [2.05, 4.69) is 52.9 Å². The Morgan fingerprint density at radius 2 is 1.71 bits per heavy atom. The summed E-state index contributed by atoms with van der Waals surface area (Å²) in [6.45, 7) is 6.27. The number of carbonyl (C=O) groups is 1. The Kier molecular flexibility index (Phi) is 9.22. The van der Waals surface area contributed by atoms with Gasteiger partial charge in [0.15, 0.2) is 0 Å². The Hall–Kier alpha value is -4.58. The molecule has 210 valence electrons. The van der Waals surface area contributed by atoms with Gasteiger partial charge in [0.05, 0.1) is 22.0 Å². The number of hydrogen-bond donors (Lipinski definition) is 1. The molecule has 7 heteroatoms. The smallest absolute Gasteiger partial charge is 0.271 e. The van der Waals surface area contributed by atoms with Gasteiger partial charge in [0, 0.05) is 16.9 Å². The van der Waals surface area contributed by atoms with Crippen LogP contribution in [0.3, 0.4) is 0 Å². The number of amides is 1. The number of halogens is 2. The highest BCUT2D eigenvalue weighted by Gasteiger charge is 2.11. The summed E-state index contributed by atoms with van der Waals surface area (Å²) in [7, 11) is 0. The molecule has 0 aliphatic heterocycles. The normalized spacial score (nSPS) is 11.0. The van der Waals surface area contributed by atoms with Crippen molar-refractivity contribution in [1.82, 2.24) is 9.99 Å². The van der Waals surface area contributed by atoms with Gasteiger partial charge in [0.1, 0.15) is 12.4 Å². The van der Waals surface area contributed by atoms with Crippen molar-refractivity contribution >= 4 is 35.3 Å². The van der Waals surface area contributed by atoms with Crippen LogP contribution in [0, 0.1) is 6.92 Å². The molecule has 0 radical (unpaired) electrons. The Morgan fingerprint density at radius 1 is 0.929 bits per heavy atom. The molecule has 0 spiro atoms. The molecular formula is C35H29Cl2N3O2. The Balaban J connectivity index is 1.24. The first-order chi connectivity index (χ1) is 20.4. The van der Waals surface area contributed by atoms with Crippen LogP contribution in [-0.4, -0.2) is 16.7 Å². The SMILES string of the molecule is C=CCc1cc(/C=N/NC(=O)c2ccc(-n3c(C)ccc3-c3ccccc3)cc2)ccc1OCc1ccc(Cl)c(Cl)c1. The number of aryl methyl sites for hydroxylation is 1. The van der Waals surface area contributed by atoms with Gasteiger partial charge in [-0.25, -0.2) is 5.43 Å². The summed E-state index contributed by atoms with van der Waals surface area (Å²) in [4.78, 5) is 12.8. The first kappa shape index (κ1) is 28.9. The molecule has 0 fully saturated rings. The number of nitrogens with one attached hydrogen (secondary N) is 1. The summed E-state index contributed by atoms with van der Waals surface area (Å²) in [6.07, 6.45) is 4.03. The van der Waals surface area contributed by atoms with E-state index in [0.717, 1.165) is 45.1 Å². The maximum Gasteiger partial charge on any atom is 0.271 e. The second kappa shape index (κ2) is 13.4. The van der Waals surface area contributed by atoms with Crippen molar-refractivity contribution in [2.45, 2.75) is 20.0 Å². The van der Waals surface area contributed by atoms with Gasteiger partial charge in [-0.05, 0) is 102 Å². The van der Waals surface area contributed by atoms with Crippen molar-refractivity contribution in [3.63, 3.8) is 0 Å². The highest BCUT2D eigenvalue weighted by atomic mass is 35.5. The number of carbonyl (C=O) groups excluding carboxylic acids is 1. The summed E-state index contributed by atoms with van der Waals surface area (Å²) in [5, 5.41) is 5.17.